The third-order valence-electron chi connectivity index (χ3n) is 8.49. The number of carbonyl (C=O) groups is 3. The van der Waals surface area contributed by atoms with Gasteiger partial charge in [-0.1, -0.05) is 141 Å². The summed E-state index contributed by atoms with van der Waals surface area (Å²) in [5.41, 5.74) is 0. The van der Waals surface area contributed by atoms with E-state index in [1.165, 1.54) is 70.6 Å². The Morgan fingerprint density at radius 2 is 1.08 bits per heavy atom. The molecule has 0 spiro atoms. The quantitative estimate of drug-likeness (QED) is 0.0208. The second-order valence-corrected chi connectivity index (χ2v) is 14.9. The van der Waals surface area contributed by atoms with Gasteiger partial charge in [-0.3, -0.25) is 18.6 Å². The van der Waals surface area contributed by atoms with Gasteiger partial charge in [0.1, 0.15) is 12.7 Å². The Bertz CT molecular complexity index is 974. The first-order valence-corrected chi connectivity index (χ1v) is 21.4. The number of aliphatic hydroxyl groups is 1. The number of allylic oxidation sites excluding steroid dienone is 4. The number of phosphoric ester groups is 1. The van der Waals surface area contributed by atoms with Gasteiger partial charge >= 0.3 is 19.8 Å². The standard InChI is InChI=1S/C39H72NO10P/c1-3-5-7-9-11-13-15-17-18-19-21-23-25-27-29-31-38(43)48-32-35(41)33-49-51(46,47)50-34-36(39(44)45)40-37(42)30-28-26-24-22-20-16-14-12-10-8-6-4-2/h11,13,17-18,35-36,41H,3-10,12,14-16,19-34H2,1-2H3,(H,40,42)(H,44,45)(H,46,47)/b13-11-,18-17-. The lowest BCUT2D eigenvalue weighted by atomic mass is 10.0. The minimum Gasteiger partial charge on any atom is -0.480 e. The zero-order valence-electron chi connectivity index (χ0n) is 31.9. The van der Waals surface area contributed by atoms with Gasteiger partial charge in [0, 0.05) is 12.8 Å². The summed E-state index contributed by atoms with van der Waals surface area (Å²) in [6.07, 6.45) is 33.5. The van der Waals surface area contributed by atoms with Gasteiger partial charge in [-0.05, 0) is 44.9 Å². The van der Waals surface area contributed by atoms with Gasteiger partial charge in [-0.25, -0.2) is 9.36 Å². The topological polar surface area (TPSA) is 169 Å². The highest BCUT2D eigenvalue weighted by molar-refractivity contribution is 7.47. The third-order valence-corrected chi connectivity index (χ3v) is 9.44. The number of amides is 1. The first kappa shape index (κ1) is 49.0. The zero-order valence-corrected chi connectivity index (χ0v) is 32.8. The molecule has 0 fully saturated rings. The van der Waals surface area contributed by atoms with Crippen LogP contribution in [0.2, 0.25) is 0 Å². The summed E-state index contributed by atoms with van der Waals surface area (Å²) >= 11 is 0. The Kier molecular flexibility index (Phi) is 33.6. The minimum absolute atomic E-state index is 0.148. The van der Waals surface area contributed by atoms with Crippen molar-refractivity contribution in [3.8, 4) is 0 Å². The molecule has 0 aliphatic rings. The van der Waals surface area contributed by atoms with E-state index >= 15 is 0 Å². The summed E-state index contributed by atoms with van der Waals surface area (Å²) in [5, 5.41) is 21.7. The Balaban J connectivity index is 3.96. The SMILES string of the molecule is CCCCC/C=C\C/C=C\CCCCCCCC(=O)OCC(O)COP(=O)(O)OCC(NC(=O)CCCCCCCCCCCCCC)C(=O)O. The van der Waals surface area contributed by atoms with Crippen LogP contribution in [0.5, 0.6) is 0 Å². The van der Waals surface area contributed by atoms with E-state index in [0.29, 0.717) is 12.8 Å². The number of hydrogen-bond acceptors (Lipinski definition) is 8. The molecule has 3 atom stereocenters. The maximum absolute atomic E-state index is 12.2. The minimum atomic E-state index is -4.75. The smallest absolute Gasteiger partial charge is 0.472 e. The lowest BCUT2D eigenvalue weighted by molar-refractivity contribution is -0.147. The Morgan fingerprint density at radius 3 is 1.63 bits per heavy atom. The Hall–Kier alpha value is -2.04. The van der Waals surface area contributed by atoms with Gasteiger partial charge in [0.25, 0.3) is 0 Å². The number of carbonyl (C=O) groups excluding carboxylic acids is 2. The lowest BCUT2D eigenvalue weighted by Gasteiger charge is -2.18. The predicted octanol–water partition coefficient (Wildman–Crippen LogP) is 9.50. The first-order valence-electron chi connectivity index (χ1n) is 19.9. The van der Waals surface area contributed by atoms with Gasteiger partial charge in [-0.2, -0.15) is 0 Å². The molecule has 0 aromatic heterocycles. The maximum Gasteiger partial charge on any atom is 0.472 e. The number of rotatable bonds is 37. The monoisotopic (exact) mass is 745 g/mol. The fraction of sp³-hybridized carbons (Fsp3) is 0.821. The van der Waals surface area contributed by atoms with Crippen molar-refractivity contribution in [3.05, 3.63) is 24.3 Å². The summed E-state index contributed by atoms with van der Waals surface area (Å²) in [4.78, 5) is 45.7. The molecule has 0 aromatic rings. The van der Waals surface area contributed by atoms with Crippen LogP contribution in [-0.4, -0.2) is 64.9 Å². The third kappa shape index (κ3) is 34.8. The van der Waals surface area contributed by atoms with Gasteiger partial charge in [0.2, 0.25) is 5.91 Å². The van der Waals surface area contributed by atoms with Crippen molar-refractivity contribution >= 4 is 25.7 Å². The van der Waals surface area contributed by atoms with E-state index in [-0.39, 0.29) is 12.8 Å². The highest BCUT2D eigenvalue weighted by atomic mass is 31.2. The number of carboxylic acid groups (broad SMARTS) is 1. The van der Waals surface area contributed by atoms with Crippen molar-refractivity contribution in [1.29, 1.82) is 0 Å². The molecule has 0 bridgehead atoms. The molecule has 0 heterocycles. The molecular formula is C39H72NO10P. The molecule has 11 nitrogen and oxygen atoms in total. The second kappa shape index (κ2) is 35.0. The number of nitrogens with one attached hydrogen (secondary N) is 1. The van der Waals surface area contributed by atoms with Gasteiger partial charge < -0.3 is 25.2 Å². The fourth-order valence-electron chi connectivity index (χ4n) is 5.34. The fourth-order valence-corrected chi connectivity index (χ4v) is 6.12. The van der Waals surface area contributed by atoms with Crippen LogP contribution in [0.25, 0.3) is 0 Å². The zero-order chi connectivity index (χ0) is 37.8. The van der Waals surface area contributed by atoms with Crippen LogP contribution in [0.4, 0.5) is 0 Å². The summed E-state index contributed by atoms with van der Waals surface area (Å²) < 4.78 is 26.7. The first-order chi connectivity index (χ1) is 24.6. The summed E-state index contributed by atoms with van der Waals surface area (Å²) in [6, 6.07) is -1.54. The van der Waals surface area contributed by atoms with Crippen molar-refractivity contribution in [3.63, 3.8) is 0 Å². The number of ether oxygens (including phenoxy) is 1. The number of aliphatic carboxylic acids is 1. The van der Waals surface area contributed by atoms with E-state index in [4.69, 9.17) is 13.8 Å². The molecule has 0 aliphatic carbocycles. The number of aliphatic hydroxyl groups excluding tert-OH is 1. The highest BCUT2D eigenvalue weighted by Gasteiger charge is 2.28. The van der Waals surface area contributed by atoms with E-state index in [0.717, 1.165) is 64.2 Å². The van der Waals surface area contributed by atoms with Crippen LogP contribution >= 0.6 is 7.82 Å². The number of unbranched alkanes of at least 4 members (excludes halogenated alkanes) is 19. The molecule has 0 aliphatic heterocycles. The number of carboxylic acids is 1. The molecule has 3 unspecified atom stereocenters. The van der Waals surface area contributed by atoms with E-state index in [2.05, 4.69) is 43.5 Å². The number of phosphoric acid groups is 1. The van der Waals surface area contributed by atoms with Crippen LogP contribution in [-0.2, 0) is 32.7 Å². The molecule has 298 valence electrons. The molecular weight excluding hydrogens is 673 g/mol. The van der Waals surface area contributed by atoms with Crippen LogP contribution in [0, 0.1) is 0 Å². The van der Waals surface area contributed by atoms with Crippen molar-refractivity contribution in [2.75, 3.05) is 19.8 Å². The van der Waals surface area contributed by atoms with E-state index in [1.807, 2.05) is 0 Å². The lowest BCUT2D eigenvalue weighted by Crippen LogP contribution is -2.43. The molecule has 12 heteroatoms. The molecule has 0 saturated heterocycles. The second-order valence-electron chi connectivity index (χ2n) is 13.5. The Morgan fingerprint density at radius 1 is 0.627 bits per heavy atom. The maximum atomic E-state index is 12.2. The van der Waals surface area contributed by atoms with Crippen molar-refractivity contribution in [1.82, 2.24) is 5.32 Å². The summed E-state index contributed by atoms with van der Waals surface area (Å²) in [6.45, 7) is 2.53. The summed E-state index contributed by atoms with van der Waals surface area (Å²) in [7, 11) is -4.75. The molecule has 0 aromatic carbocycles. The van der Waals surface area contributed by atoms with E-state index in [1.54, 1.807) is 0 Å². The van der Waals surface area contributed by atoms with Crippen molar-refractivity contribution in [2.24, 2.45) is 0 Å². The van der Waals surface area contributed by atoms with Gasteiger partial charge in [-0.15, -0.1) is 0 Å². The van der Waals surface area contributed by atoms with Gasteiger partial charge in [0.05, 0.1) is 13.2 Å². The Labute approximate surface area is 309 Å². The van der Waals surface area contributed by atoms with E-state index < -0.39 is 57.6 Å². The normalized spacial score (nSPS) is 14.1. The predicted molar refractivity (Wildman–Crippen MR) is 203 cm³/mol. The molecule has 1 amide bonds. The average Bonchev–Trinajstić information content (AvgIpc) is 3.10. The van der Waals surface area contributed by atoms with Crippen LogP contribution < -0.4 is 5.32 Å². The van der Waals surface area contributed by atoms with Crippen molar-refractivity contribution < 1.29 is 47.8 Å². The largest absolute Gasteiger partial charge is 0.480 e. The number of hydrogen-bond donors (Lipinski definition) is 4. The average molecular weight is 746 g/mol. The molecule has 51 heavy (non-hydrogen) atoms. The van der Waals surface area contributed by atoms with E-state index in [9.17, 15) is 34.1 Å². The molecule has 0 rings (SSSR count). The molecule has 0 radical (unpaired) electrons. The molecule has 4 N–H and O–H groups in total. The van der Waals surface area contributed by atoms with Crippen molar-refractivity contribution in [2.45, 2.75) is 187 Å². The molecule has 0 saturated carbocycles. The van der Waals surface area contributed by atoms with Crippen LogP contribution in [0.3, 0.4) is 0 Å². The highest BCUT2D eigenvalue weighted by Crippen LogP contribution is 2.43. The van der Waals surface area contributed by atoms with Crippen LogP contribution in [0.15, 0.2) is 24.3 Å². The van der Waals surface area contributed by atoms with Crippen LogP contribution in [0.1, 0.15) is 174 Å². The summed E-state index contributed by atoms with van der Waals surface area (Å²) in [5.74, 6) is -2.38. The number of esters is 1. The van der Waals surface area contributed by atoms with Gasteiger partial charge in [0.15, 0.2) is 6.04 Å².